The van der Waals surface area contributed by atoms with Crippen LogP contribution >= 0.6 is 24.0 Å². The van der Waals surface area contributed by atoms with Crippen LogP contribution in [0.5, 0.6) is 0 Å². The average Bonchev–Trinajstić information content (AvgIpc) is 3.13. The normalized spacial score (nSPS) is 14.4. The smallest absolute Gasteiger partial charge is 0.246 e. The number of guanidine groups is 1. The first-order valence-corrected chi connectivity index (χ1v) is 9.34. The number of aromatic nitrogens is 2. The molecule has 1 fully saturated rings. The summed E-state index contributed by atoms with van der Waals surface area (Å²) in [5, 5.41) is 9.89. The summed E-state index contributed by atoms with van der Waals surface area (Å²) in [6, 6.07) is 5.52. The van der Waals surface area contributed by atoms with Crippen molar-refractivity contribution in [1.29, 1.82) is 0 Å². The molecule has 3 rings (SSSR count). The number of piperazine rings is 1. The molecule has 0 radical (unpaired) electrons. The molecule has 0 spiro atoms. The van der Waals surface area contributed by atoms with Gasteiger partial charge in [0.1, 0.15) is 18.9 Å². The van der Waals surface area contributed by atoms with Crippen LogP contribution in [0.1, 0.15) is 6.92 Å². The molecular formula is C19H25FIN7O2. The fourth-order valence-corrected chi connectivity index (χ4v) is 2.98. The fraction of sp³-hybridized carbons (Fsp3) is 0.368. The minimum absolute atomic E-state index is 0. The van der Waals surface area contributed by atoms with Crippen molar-refractivity contribution in [3.63, 3.8) is 0 Å². The lowest BCUT2D eigenvalue weighted by atomic mass is 10.3. The zero-order chi connectivity index (χ0) is 20.8. The number of rotatable bonds is 5. The third-order valence-corrected chi connectivity index (χ3v) is 4.36. The van der Waals surface area contributed by atoms with Crippen LogP contribution in [0.3, 0.4) is 0 Å². The maximum atomic E-state index is 13.0. The zero-order valence-electron chi connectivity index (χ0n) is 16.8. The van der Waals surface area contributed by atoms with Crippen LogP contribution in [0.2, 0.25) is 0 Å². The maximum Gasteiger partial charge on any atom is 0.246 e. The van der Waals surface area contributed by atoms with Gasteiger partial charge in [0, 0.05) is 38.6 Å². The first kappa shape index (κ1) is 23.6. The lowest BCUT2D eigenvalue weighted by Gasteiger charge is -2.35. The van der Waals surface area contributed by atoms with Gasteiger partial charge in [-0.05, 0) is 31.2 Å². The minimum atomic E-state index is -0.370. The monoisotopic (exact) mass is 529 g/mol. The number of carbonyl (C=O) groups is 2. The van der Waals surface area contributed by atoms with Crippen LogP contribution in [0, 0.1) is 5.82 Å². The molecule has 2 heterocycles. The molecule has 2 N–H and O–H groups in total. The molecule has 1 saturated heterocycles. The molecule has 0 saturated carbocycles. The first-order valence-electron chi connectivity index (χ1n) is 9.34. The van der Waals surface area contributed by atoms with Gasteiger partial charge in [0.15, 0.2) is 5.96 Å². The Balaban J connectivity index is 0.00000320. The molecule has 0 atom stereocenters. The highest BCUT2D eigenvalue weighted by molar-refractivity contribution is 14.0. The number of aliphatic imine (C=N–C) groups is 1. The summed E-state index contributed by atoms with van der Waals surface area (Å²) in [6.07, 6.45) is 3.46. The van der Waals surface area contributed by atoms with Crippen molar-refractivity contribution in [1.82, 2.24) is 20.0 Å². The van der Waals surface area contributed by atoms with Crippen molar-refractivity contribution in [2.75, 3.05) is 42.9 Å². The second-order valence-electron chi connectivity index (χ2n) is 6.56. The summed E-state index contributed by atoms with van der Waals surface area (Å²) >= 11 is 0. The van der Waals surface area contributed by atoms with E-state index in [0.29, 0.717) is 31.3 Å². The number of carbonyl (C=O) groups excluding carboxylic acids is 2. The Hall–Kier alpha value is -2.70. The van der Waals surface area contributed by atoms with Crippen molar-refractivity contribution in [3.05, 3.63) is 42.5 Å². The number of hydrogen-bond acceptors (Lipinski definition) is 4. The van der Waals surface area contributed by atoms with E-state index in [0.717, 1.165) is 5.69 Å². The number of halogens is 2. The number of anilines is 2. The van der Waals surface area contributed by atoms with Gasteiger partial charge >= 0.3 is 0 Å². The standard InChI is InChI=1S/C19H24FN7O2.HI/c1-3-21-19(22-11-17(28)24-15-6-4-14(20)5-7-15)26-8-9-27(18(29)13-26)16-10-23-25(2)12-16;/h4-7,10,12H,3,8-9,11,13H2,1-2H3,(H,21,22)(H,24,28);1H. The van der Waals surface area contributed by atoms with E-state index in [1.165, 1.54) is 24.3 Å². The summed E-state index contributed by atoms with van der Waals surface area (Å²) in [5.41, 5.74) is 1.26. The Morgan fingerprint density at radius 1 is 1.27 bits per heavy atom. The fourth-order valence-electron chi connectivity index (χ4n) is 2.98. The Bertz CT molecular complexity index is 901. The van der Waals surface area contributed by atoms with Gasteiger partial charge in [-0.3, -0.25) is 14.3 Å². The van der Waals surface area contributed by atoms with Crippen molar-refractivity contribution < 1.29 is 14.0 Å². The number of nitrogens with one attached hydrogen (secondary N) is 2. The molecule has 0 unspecified atom stereocenters. The van der Waals surface area contributed by atoms with Gasteiger partial charge in [-0.25, -0.2) is 9.38 Å². The number of benzene rings is 1. The Morgan fingerprint density at radius 2 is 2.00 bits per heavy atom. The topological polar surface area (TPSA) is 94.9 Å². The van der Waals surface area contributed by atoms with Crippen LogP contribution < -0.4 is 15.5 Å². The summed E-state index contributed by atoms with van der Waals surface area (Å²) in [4.78, 5) is 32.6. The number of amides is 2. The summed E-state index contributed by atoms with van der Waals surface area (Å²) < 4.78 is 14.6. The molecular weight excluding hydrogens is 504 g/mol. The molecule has 2 amide bonds. The molecule has 1 aromatic heterocycles. The lowest BCUT2D eigenvalue weighted by Crippen LogP contribution is -2.55. The summed E-state index contributed by atoms with van der Waals surface area (Å²) in [6.45, 7) is 3.64. The molecule has 30 heavy (non-hydrogen) atoms. The quantitative estimate of drug-likeness (QED) is 0.348. The Morgan fingerprint density at radius 3 is 2.60 bits per heavy atom. The number of hydrogen-bond donors (Lipinski definition) is 2. The second-order valence-corrected chi connectivity index (χ2v) is 6.56. The van der Waals surface area contributed by atoms with Crippen LogP contribution in [0.15, 0.2) is 41.7 Å². The van der Waals surface area contributed by atoms with Gasteiger partial charge < -0.3 is 20.4 Å². The lowest BCUT2D eigenvalue weighted by molar-refractivity contribution is -0.120. The van der Waals surface area contributed by atoms with Crippen LogP contribution in [-0.4, -0.2) is 65.2 Å². The van der Waals surface area contributed by atoms with Gasteiger partial charge in [0.25, 0.3) is 0 Å². The third kappa shape index (κ3) is 6.15. The van der Waals surface area contributed by atoms with Gasteiger partial charge in [0.05, 0.1) is 11.9 Å². The van der Waals surface area contributed by atoms with E-state index in [9.17, 15) is 14.0 Å². The number of aryl methyl sites for hydroxylation is 1. The molecule has 1 aromatic carbocycles. The largest absolute Gasteiger partial charge is 0.356 e. The molecule has 1 aliphatic heterocycles. The van der Waals surface area contributed by atoms with Crippen molar-refractivity contribution in [2.24, 2.45) is 12.0 Å². The highest BCUT2D eigenvalue weighted by atomic mass is 127. The van der Waals surface area contributed by atoms with Gasteiger partial charge in [-0.2, -0.15) is 5.10 Å². The molecule has 2 aromatic rings. The molecule has 1 aliphatic rings. The molecule has 11 heteroatoms. The second kappa shape index (κ2) is 10.9. The highest BCUT2D eigenvalue weighted by Crippen LogP contribution is 2.16. The van der Waals surface area contributed by atoms with E-state index in [1.54, 1.807) is 29.0 Å². The molecule has 9 nitrogen and oxygen atoms in total. The molecule has 0 aliphatic carbocycles. The van der Waals surface area contributed by atoms with E-state index in [1.807, 2.05) is 11.8 Å². The van der Waals surface area contributed by atoms with Crippen LogP contribution in [0.4, 0.5) is 15.8 Å². The van der Waals surface area contributed by atoms with E-state index < -0.39 is 0 Å². The Labute approximate surface area is 191 Å². The van der Waals surface area contributed by atoms with Gasteiger partial charge in [0.2, 0.25) is 11.8 Å². The summed E-state index contributed by atoms with van der Waals surface area (Å²) in [5.74, 6) is -0.260. The maximum absolute atomic E-state index is 13.0. The average molecular weight is 529 g/mol. The third-order valence-electron chi connectivity index (χ3n) is 4.36. The van der Waals surface area contributed by atoms with Crippen LogP contribution in [0.25, 0.3) is 0 Å². The van der Waals surface area contributed by atoms with E-state index in [-0.39, 0.29) is 54.7 Å². The van der Waals surface area contributed by atoms with Crippen molar-refractivity contribution >= 4 is 53.1 Å². The van der Waals surface area contributed by atoms with Gasteiger partial charge in [-0.1, -0.05) is 0 Å². The predicted molar refractivity (Wildman–Crippen MR) is 124 cm³/mol. The zero-order valence-corrected chi connectivity index (χ0v) is 19.2. The van der Waals surface area contributed by atoms with Crippen molar-refractivity contribution in [2.45, 2.75) is 6.92 Å². The van der Waals surface area contributed by atoms with Gasteiger partial charge in [-0.15, -0.1) is 24.0 Å². The van der Waals surface area contributed by atoms with Crippen LogP contribution in [-0.2, 0) is 16.6 Å². The summed E-state index contributed by atoms with van der Waals surface area (Å²) in [7, 11) is 1.80. The predicted octanol–water partition coefficient (Wildman–Crippen LogP) is 1.43. The highest BCUT2D eigenvalue weighted by Gasteiger charge is 2.27. The molecule has 162 valence electrons. The number of nitrogens with zero attached hydrogens (tertiary/aromatic N) is 5. The van der Waals surface area contributed by atoms with Crippen molar-refractivity contribution in [3.8, 4) is 0 Å². The Kier molecular flexibility index (Phi) is 8.57. The van der Waals surface area contributed by atoms with E-state index in [4.69, 9.17) is 0 Å². The van der Waals surface area contributed by atoms with E-state index >= 15 is 0 Å². The first-order chi connectivity index (χ1) is 14.0. The van der Waals surface area contributed by atoms with E-state index in [2.05, 4.69) is 20.7 Å². The SMILES string of the molecule is CCNC(=NCC(=O)Nc1ccc(F)cc1)N1CCN(c2cnn(C)c2)C(=O)C1.I. The minimum Gasteiger partial charge on any atom is -0.356 e. The molecule has 0 bridgehead atoms.